The first kappa shape index (κ1) is 10.2. The van der Waals surface area contributed by atoms with Gasteiger partial charge in [-0.3, -0.25) is 4.79 Å². The van der Waals surface area contributed by atoms with E-state index < -0.39 is 6.04 Å². The maximum atomic E-state index is 11.7. The molecule has 1 saturated carbocycles. The van der Waals surface area contributed by atoms with Crippen LogP contribution in [0.4, 0.5) is 0 Å². The van der Waals surface area contributed by atoms with Gasteiger partial charge in [-0.1, -0.05) is 30.3 Å². The number of nitrogens with two attached hydrogens (primary N) is 1. The van der Waals surface area contributed by atoms with Gasteiger partial charge in [-0.25, -0.2) is 0 Å². The first-order valence-corrected chi connectivity index (χ1v) is 5.38. The van der Waals surface area contributed by atoms with E-state index in [1.54, 1.807) is 0 Å². The van der Waals surface area contributed by atoms with Crippen LogP contribution in [0.25, 0.3) is 0 Å². The average Bonchev–Trinajstić information content (AvgIpc) is 2.23. The Kier molecular flexibility index (Phi) is 3.02. The molecule has 2 rings (SSSR count). The second kappa shape index (κ2) is 4.45. The molecule has 1 aromatic carbocycles. The minimum Gasteiger partial charge on any atom is -0.352 e. The minimum atomic E-state index is -0.535. The summed E-state index contributed by atoms with van der Waals surface area (Å²) in [7, 11) is 0. The number of nitrogens with one attached hydrogen (secondary N) is 1. The Morgan fingerprint density at radius 1 is 1.33 bits per heavy atom. The summed E-state index contributed by atoms with van der Waals surface area (Å²) < 4.78 is 0. The van der Waals surface area contributed by atoms with Gasteiger partial charge >= 0.3 is 0 Å². The predicted octanol–water partition coefficient (Wildman–Crippen LogP) is 1.36. The number of carbonyl (C=O) groups is 1. The van der Waals surface area contributed by atoms with Crippen molar-refractivity contribution in [1.82, 2.24) is 5.32 Å². The molecule has 15 heavy (non-hydrogen) atoms. The summed E-state index contributed by atoms with van der Waals surface area (Å²) in [6.45, 7) is 0. The fraction of sp³-hybridized carbons (Fsp3) is 0.417. The topological polar surface area (TPSA) is 55.1 Å². The van der Waals surface area contributed by atoms with Crippen LogP contribution in [-0.4, -0.2) is 11.9 Å². The van der Waals surface area contributed by atoms with E-state index in [-0.39, 0.29) is 5.91 Å². The van der Waals surface area contributed by atoms with E-state index >= 15 is 0 Å². The highest BCUT2D eigenvalue weighted by Gasteiger charge is 2.23. The van der Waals surface area contributed by atoms with E-state index in [1.807, 2.05) is 30.3 Å². The van der Waals surface area contributed by atoms with Crippen molar-refractivity contribution in [3.05, 3.63) is 35.9 Å². The highest BCUT2D eigenvalue weighted by atomic mass is 16.2. The molecule has 0 aliphatic heterocycles. The first-order chi connectivity index (χ1) is 7.27. The first-order valence-electron chi connectivity index (χ1n) is 5.38. The lowest BCUT2D eigenvalue weighted by molar-refractivity contribution is -0.123. The van der Waals surface area contributed by atoms with Gasteiger partial charge in [0.25, 0.3) is 0 Å². The minimum absolute atomic E-state index is 0.0640. The molecule has 1 fully saturated rings. The van der Waals surface area contributed by atoms with Crippen LogP contribution in [0.1, 0.15) is 30.9 Å². The fourth-order valence-electron chi connectivity index (χ4n) is 1.66. The molecule has 0 heterocycles. The molecule has 1 amide bonds. The van der Waals surface area contributed by atoms with E-state index in [4.69, 9.17) is 5.73 Å². The lowest BCUT2D eigenvalue weighted by Crippen LogP contribution is -2.43. The monoisotopic (exact) mass is 204 g/mol. The van der Waals surface area contributed by atoms with Crippen LogP contribution in [0.2, 0.25) is 0 Å². The van der Waals surface area contributed by atoms with Crippen LogP contribution in [0, 0.1) is 0 Å². The van der Waals surface area contributed by atoms with Gasteiger partial charge in [0, 0.05) is 6.04 Å². The summed E-state index contributed by atoms with van der Waals surface area (Å²) in [5, 5.41) is 2.95. The van der Waals surface area contributed by atoms with E-state index in [9.17, 15) is 4.79 Å². The van der Waals surface area contributed by atoms with Gasteiger partial charge in [0.1, 0.15) is 6.04 Å². The van der Waals surface area contributed by atoms with Gasteiger partial charge in [-0.05, 0) is 24.8 Å². The molecule has 1 aliphatic rings. The van der Waals surface area contributed by atoms with Gasteiger partial charge in [0.05, 0.1) is 0 Å². The van der Waals surface area contributed by atoms with Crippen LogP contribution < -0.4 is 11.1 Å². The number of hydrogen-bond acceptors (Lipinski definition) is 2. The second-order valence-corrected chi connectivity index (χ2v) is 4.02. The molecule has 0 saturated heterocycles. The van der Waals surface area contributed by atoms with Crippen LogP contribution in [0.5, 0.6) is 0 Å². The third kappa shape index (κ3) is 2.36. The van der Waals surface area contributed by atoms with Crippen molar-refractivity contribution in [2.75, 3.05) is 0 Å². The number of amides is 1. The third-order valence-corrected chi connectivity index (χ3v) is 2.89. The largest absolute Gasteiger partial charge is 0.352 e. The molecule has 3 nitrogen and oxygen atoms in total. The van der Waals surface area contributed by atoms with Crippen molar-refractivity contribution in [2.24, 2.45) is 5.73 Å². The predicted molar refractivity (Wildman–Crippen MR) is 59.2 cm³/mol. The normalized spacial score (nSPS) is 17.9. The van der Waals surface area contributed by atoms with Gasteiger partial charge in [0.2, 0.25) is 5.91 Å². The molecule has 0 unspecified atom stereocenters. The Morgan fingerprint density at radius 2 is 2.00 bits per heavy atom. The van der Waals surface area contributed by atoms with E-state index in [2.05, 4.69) is 5.32 Å². The molecule has 1 atom stereocenters. The van der Waals surface area contributed by atoms with Crippen molar-refractivity contribution in [2.45, 2.75) is 31.3 Å². The summed E-state index contributed by atoms with van der Waals surface area (Å²) in [5.74, 6) is -0.0640. The Bertz CT molecular complexity index is 333. The second-order valence-electron chi connectivity index (χ2n) is 4.02. The van der Waals surface area contributed by atoms with Crippen molar-refractivity contribution in [3.8, 4) is 0 Å². The van der Waals surface area contributed by atoms with Gasteiger partial charge in [-0.2, -0.15) is 0 Å². The Hall–Kier alpha value is -1.35. The zero-order valence-corrected chi connectivity index (χ0v) is 8.65. The van der Waals surface area contributed by atoms with E-state index in [0.29, 0.717) is 6.04 Å². The summed E-state index contributed by atoms with van der Waals surface area (Å²) in [4.78, 5) is 11.7. The van der Waals surface area contributed by atoms with Gasteiger partial charge in [0.15, 0.2) is 0 Å². The van der Waals surface area contributed by atoms with Crippen LogP contribution in [0.15, 0.2) is 30.3 Å². The molecule has 3 heteroatoms. The van der Waals surface area contributed by atoms with E-state index in [1.165, 1.54) is 6.42 Å². The van der Waals surface area contributed by atoms with E-state index in [0.717, 1.165) is 18.4 Å². The Labute approximate surface area is 89.7 Å². The standard InChI is InChI=1S/C12H16N2O/c13-11(9-5-2-1-3-6-9)12(15)14-10-7-4-8-10/h1-3,5-6,10-11H,4,7-8,13H2,(H,14,15)/t11-/m0/s1. The molecular weight excluding hydrogens is 188 g/mol. The summed E-state index contributed by atoms with van der Waals surface area (Å²) in [6, 6.07) is 9.28. The summed E-state index contributed by atoms with van der Waals surface area (Å²) >= 11 is 0. The molecular formula is C12H16N2O. The van der Waals surface area contributed by atoms with Gasteiger partial charge < -0.3 is 11.1 Å². The number of hydrogen-bond donors (Lipinski definition) is 2. The molecule has 1 aromatic rings. The lowest BCUT2D eigenvalue weighted by atomic mass is 9.92. The van der Waals surface area contributed by atoms with Crippen molar-refractivity contribution in [3.63, 3.8) is 0 Å². The van der Waals surface area contributed by atoms with Crippen molar-refractivity contribution >= 4 is 5.91 Å². The molecule has 0 spiro atoms. The number of benzene rings is 1. The smallest absolute Gasteiger partial charge is 0.241 e. The highest BCUT2D eigenvalue weighted by molar-refractivity contribution is 5.83. The SMILES string of the molecule is N[C@H](C(=O)NC1CCC1)c1ccccc1. The Morgan fingerprint density at radius 3 is 2.53 bits per heavy atom. The lowest BCUT2D eigenvalue weighted by Gasteiger charge is -2.27. The molecule has 0 radical (unpaired) electrons. The van der Waals surface area contributed by atoms with Crippen LogP contribution >= 0.6 is 0 Å². The van der Waals surface area contributed by atoms with Crippen LogP contribution in [0.3, 0.4) is 0 Å². The van der Waals surface area contributed by atoms with Crippen molar-refractivity contribution in [1.29, 1.82) is 0 Å². The zero-order valence-electron chi connectivity index (χ0n) is 8.65. The quantitative estimate of drug-likeness (QED) is 0.781. The highest BCUT2D eigenvalue weighted by Crippen LogP contribution is 2.19. The number of rotatable bonds is 3. The van der Waals surface area contributed by atoms with Crippen molar-refractivity contribution < 1.29 is 4.79 Å². The maximum Gasteiger partial charge on any atom is 0.241 e. The summed E-state index contributed by atoms with van der Waals surface area (Å²) in [6.07, 6.45) is 3.39. The molecule has 0 aromatic heterocycles. The molecule has 1 aliphatic carbocycles. The molecule has 80 valence electrons. The third-order valence-electron chi connectivity index (χ3n) is 2.89. The number of carbonyl (C=O) groups excluding carboxylic acids is 1. The molecule has 3 N–H and O–H groups in total. The Balaban J connectivity index is 1.94. The fourth-order valence-corrected chi connectivity index (χ4v) is 1.66. The van der Waals surface area contributed by atoms with Crippen LogP contribution in [-0.2, 0) is 4.79 Å². The average molecular weight is 204 g/mol. The molecule has 0 bridgehead atoms. The zero-order chi connectivity index (χ0) is 10.7. The summed E-state index contributed by atoms with van der Waals surface area (Å²) in [5.41, 5.74) is 6.72. The van der Waals surface area contributed by atoms with Gasteiger partial charge in [-0.15, -0.1) is 0 Å². The maximum absolute atomic E-state index is 11.7.